The Morgan fingerprint density at radius 2 is 2.11 bits per heavy atom. The van der Waals surface area contributed by atoms with E-state index in [1.165, 1.54) is 43.7 Å². The molecule has 0 bridgehead atoms. The van der Waals surface area contributed by atoms with Crippen LogP contribution in [0.15, 0.2) is 24.0 Å². The van der Waals surface area contributed by atoms with Crippen molar-refractivity contribution in [1.82, 2.24) is 9.97 Å². The first-order chi connectivity index (χ1) is 8.75. The number of aromatic nitrogens is 2. The molecule has 0 atom stereocenters. The van der Waals surface area contributed by atoms with Crippen LogP contribution in [0.1, 0.15) is 42.5 Å². The zero-order valence-corrected chi connectivity index (χ0v) is 10.2. The van der Waals surface area contributed by atoms with Crippen molar-refractivity contribution in [1.29, 1.82) is 0 Å². The van der Waals surface area contributed by atoms with Crippen molar-refractivity contribution in [2.24, 2.45) is 0 Å². The van der Waals surface area contributed by atoms with Gasteiger partial charge in [-0.2, -0.15) is 0 Å². The minimum absolute atomic E-state index is 0.107. The highest BCUT2D eigenvalue weighted by Gasteiger charge is 2.05. The van der Waals surface area contributed by atoms with Gasteiger partial charge in [0.05, 0.1) is 5.56 Å². The van der Waals surface area contributed by atoms with Gasteiger partial charge in [-0.3, -0.25) is 0 Å². The molecule has 0 fully saturated rings. The third kappa shape index (κ3) is 3.55. The summed E-state index contributed by atoms with van der Waals surface area (Å²) in [4.78, 5) is 18.5. The number of hydrogen-bond donors (Lipinski definition) is 2. The van der Waals surface area contributed by atoms with Crippen molar-refractivity contribution in [3.63, 3.8) is 0 Å². The lowest BCUT2D eigenvalue weighted by molar-refractivity contribution is 0.0696. The van der Waals surface area contributed by atoms with Gasteiger partial charge >= 0.3 is 5.97 Å². The summed E-state index contributed by atoms with van der Waals surface area (Å²) in [6.07, 6.45) is 10.9. The number of carboxylic acid groups (broad SMARTS) is 1. The second-order valence-corrected chi connectivity index (χ2v) is 4.39. The van der Waals surface area contributed by atoms with Gasteiger partial charge in [-0.05, 0) is 32.1 Å². The fourth-order valence-corrected chi connectivity index (χ4v) is 2.00. The Bertz CT molecular complexity index is 440. The maximum atomic E-state index is 10.6. The number of aromatic carboxylic acids is 1. The van der Waals surface area contributed by atoms with E-state index in [1.54, 1.807) is 0 Å². The van der Waals surface area contributed by atoms with Gasteiger partial charge < -0.3 is 10.4 Å². The Morgan fingerprint density at radius 1 is 1.33 bits per heavy atom. The molecule has 18 heavy (non-hydrogen) atoms. The third-order valence-electron chi connectivity index (χ3n) is 3.01. The molecule has 0 unspecified atom stereocenters. The van der Waals surface area contributed by atoms with Gasteiger partial charge in [-0.25, -0.2) is 14.8 Å². The molecule has 0 amide bonds. The Hall–Kier alpha value is -1.91. The summed E-state index contributed by atoms with van der Waals surface area (Å²) in [5.41, 5.74) is 1.60. The summed E-state index contributed by atoms with van der Waals surface area (Å²) < 4.78 is 0. The van der Waals surface area contributed by atoms with Crippen LogP contribution in [-0.2, 0) is 0 Å². The monoisotopic (exact) mass is 247 g/mol. The highest BCUT2D eigenvalue weighted by Crippen LogP contribution is 2.19. The lowest BCUT2D eigenvalue weighted by Crippen LogP contribution is -2.08. The molecule has 96 valence electrons. The molecule has 2 rings (SSSR count). The molecule has 1 aliphatic rings. The Kier molecular flexibility index (Phi) is 4.28. The summed E-state index contributed by atoms with van der Waals surface area (Å²) in [6.45, 7) is 0.790. The molecular weight excluding hydrogens is 230 g/mol. The average Bonchev–Trinajstić information content (AvgIpc) is 2.40. The smallest absolute Gasteiger partial charge is 0.338 e. The molecule has 2 N–H and O–H groups in total. The van der Waals surface area contributed by atoms with E-state index in [4.69, 9.17) is 5.11 Å². The van der Waals surface area contributed by atoms with E-state index >= 15 is 0 Å². The molecule has 0 spiro atoms. The first-order valence-corrected chi connectivity index (χ1v) is 6.23. The quantitative estimate of drug-likeness (QED) is 0.782. The van der Waals surface area contributed by atoms with Crippen LogP contribution >= 0.6 is 0 Å². The lowest BCUT2D eigenvalue weighted by atomic mass is 9.97. The van der Waals surface area contributed by atoms with Gasteiger partial charge in [-0.1, -0.05) is 11.6 Å². The highest BCUT2D eigenvalue weighted by molar-refractivity contribution is 5.86. The summed E-state index contributed by atoms with van der Waals surface area (Å²) >= 11 is 0. The van der Waals surface area contributed by atoms with Gasteiger partial charge in [0.1, 0.15) is 0 Å². The molecule has 0 saturated carbocycles. The number of allylic oxidation sites excluding steroid dienone is 1. The van der Waals surface area contributed by atoms with Crippen LogP contribution < -0.4 is 5.32 Å². The van der Waals surface area contributed by atoms with Crippen molar-refractivity contribution < 1.29 is 9.90 Å². The average molecular weight is 247 g/mol. The lowest BCUT2D eigenvalue weighted by Gasteiger charge is -2.12. The van der Waals surface area contributed by atoms with Gasteiger partial charge in [-0.15, -0.1) is 0 Å². The number of nitrogens with zero attached hydrogens (tertiary/aromatic N) is 2. The topological polar surface area (TPSA) is 75.1 Å². The molecule has 0 aliphatic heterocycles. The van der Waals surface area contributed by atoms with Crippen molar-refractivity contribution >= 4 is 11.9 Å². The highest BCUT2D eigenvalue weighted by atomic mass is 16.4. The van der Waals surface area contributed by atoms with Gasteiger partial charge in [0.2, 0.25) is 5.95 Å². The normalized spacial score (nSPS) is 15.0. The second-order valence-electron chi connectivity index (χ2n) is 4.39. The van der Waals surface area contributed by atoms with Crippen LogP contribution in [0.3, 0.4) is 0 Å². The van der Waals surface area contributed by atoms with Crippen LogP contribution in [0, 0.1) is 0 Å². The first kappa shape index (κ1) is 12.5. The molecule has 1 aliphatic carbocycles. The maximum Gasteiger partial charge on any atom is 0.338 e. The molecule has 0 radical (unpaired) electrons. The SMILES string of the molecule is O=C(O)c1cnc(NCCC2=CCCCC2)nc1. The zero-order valence-electron chi connectivity index (χ0n) is 10.2. The maximum absolute atomic E-state index is 10.6. The Labute approximate surface area is 106 Å². The fraction of sp³-hybridized carbons (Fsp3) is 0.462. The van der Waals surface area contributed by atoms with E-state index in [0.29, 0.717) is 5.95 Å². The standard InChI is InChI=1S/C13H17N3O2/c17-12(18)11-8-15-13(16-9-11)14-7-6-10-4-2-1-3-5-10/h4,8-9H,1-3,5-7H2,(H,17,18)(H,14,15,16). The fourth-order valence-electron chi connectivity index (χ4n) is 2.00. The van der Waals surface area contributed by atoms with E-state index in [9.17, 15) is 4.79 Å². The van der Waals surface area contributed by atoms with Crippen molar-refractivity contribution in [2.45, 2.75) is 32.1 Å². The van der Waals surface area contributed by atoms with E-state index < -0.39 is 5.97 Å². The molecule has 1 heterocycles. The van der Waals surface area contributed by atoms with Gasteiger partial charge in [0, 0.05) is 18.9 Å². The van der Waals surface area contributed by atoms with E-state index in [-0.39, 0.29) is 5.56 Å². The molecule has 5 nitrogen and oxygen atoms in total. The largest absolute Gasteiger partial charge is 0.478 e. The zero-order chi connectivity index (χ0) is 12.8. The van der Waals surface area contributed by atoms with Crippen LogP contribution in [0.25, 0.3) is 0 Å². The molecule has 0 saturated heterocycles. The molecule has 5 heteroatoms. The number of carbonyl (C=O) groups is 1. The molecule has 1 aromatic rings. The van der Waals surface area contributed by atoms with Gasteiger partial charge in [0.15, 0.2) is 0 Å². The number of anilines is 1. The summed E-state index contributed by atoms with van der Waals surface area (Å²) in [5, 5.41) is 11.8. The van der Waals surface area contributed by atoms with E-state index in [2.05, 4.69) is 21.4 Å². The van der Waals surface area contributed by atoms with Gasteiger partial charge in [0.25, 0.3) is 0 Å². The number of carboxylic acids is 1. The number of rotatable bonds is 5. The second kappa shape index (κ2) is 6.14. The Balaban J connectivity index is 1.79. The predicted molar refractivity (Wildman–Crippen MR) is 68.6 cm³/mol. The number of nitrogens with one attached hydrogen (secondary N) is 1. The van der Waals surface area contributed by atoms with E-state index in [0.717, 1.165) is 13.0 Å². The molecular formula is C13H17N3O2. The predicted octanol–water partition coefficient (Wildman–Crippen LogP) is 2.48. The summed E-state index contributed by atoms with van der Waals surface area (Å²) in [7, 11) is 0. The van der Waals surface area contributed by atoms with Crippen molar-refractivity contribution in [3.05, 3.63) is 29.6 Å². The van der Waals surface area contributed by atoms with Crippen LogP contribution in [0.2, 0.25) is 0 Å². The summed E-state index contributed by atoms with van der Waals surface area (Å²) in [5.74, 6) is -0.523. The molecule has 0 aromatic carbocycles. The first-order valence-electron chi connectivity index (χ1n) is 6.23. The number of hydrogen-bond acceptors (Lipinski definition) is 4. The van der Waals surface area contributed by atoms with Crippen molar-refractivity contribution in [2.75, 3.05) is 11.9 Å². The minimum atomic E-state index is -1.01. The van der Waals surface area contributed by atoms with Crippen LogP contribution in [0.5, 0.6) is 0 Å². The summed E-state index contributed by atoms with van der Waals surface area (Å²) in [6, 6.07) is 0. The van der Waals surface area contributed by atoms with E-state index in [1.807, 2.05) is 0 Å². The molecule has 1 aromatic heterocycles. The Morgan fingerprint density at radius 3 is 2.72 bits per heavy atom. The van der Waals surface area contributed by atoms with Crippen LogP contribution in [-0.4, -0.2) is 27.6 Å². The third-order valence-corrected chi connectivity index (χ3v) is 3.01. The van der Waals surface area contributed by atoms with Crippen molar-refractivity contribution in [3.8, 4) is 0 Å². The minimum Gasteiger partial charge on any atom is -0.478 e. The van der Waals surface area contributed by atoms with Crippen LogP contribution in [0.4, 0.5) is 5.95 Å².